The summed E-state index contributed by atoms with van der Waals surface area (Å²) >= 11 is 5.91. The van der Waals surface area contributed by atoms with Crippen LogP contribution in [0.5, 0.6) is 0 Å². The third-order valence-corrected chi connectivity index (χ3v) is 4.09. The number of halogens is 1. The van der Waals surface area contributed by atoms with Gasteiger partial charge in [0.1, 0.15) is 0 Å². The van der Waals surface area contributed by atoms with Crippen LogP contribution in [-0.4, -0.2) is 22.3 Å². The number of hydrogen-bond acceptors (Lipinski definition) is 2. The van der Waals surface area contributed by atoms with E-state index in [9.17, 15) is 4.79 Å². The number of rotatable bonds is 3. The van der Waals surface area contributed by atoms with Crippen molar-refractivity contribution >= 4 is 28.4 Å². The number of fused-ring (bicyclic) bond motifs is 1. The fourth-order valence-electron chi connectivity index (χ4n) is 2.25. The van der Waals surface area contributed by atoms with Crippen molar-refractivity contribution in [2.75, 3.05) is 5.88 Å². The van der Waals surface area contributed by atoms with Gasteiger partial charge in [0.15, 0.2) is 0 Å². The topological polar surface area (TPSA) is 42.0 Å². The Morgan fingerprint density at radius 3 is 2.84 bits per heavy atom. The predicted octanol–water partition coefficient (Wildman–Crippen LogP) is 3.04. The Balaban J connectivity index is 2.02. The molecular formula is C15H15ClN2O. The highest BCUT2D eigenvalue weighted by molar-refractivity contribution is 6.19. The third-order valence-electron chi connectivity index (χ3n) is 3.58. The SMILES string of the molecule is Cc1cc(C(=O)NC2(CCl)CC2)c2ccccc2n1. The summed E-state index contributed by atoms with van der Waals surface area (Å²) in [5, 5.41) is 3.94. The van der Waals surface area contributed by atoms with E-state index >= 15 is 0 Å². The van der Waals surface area contributed by atoms with E-state index in [-0.39, 0.29) is 11.4 Å². The molecule has 1 N–H and O–H groups in total. The molecule has 0 atom stereocenters. The summed E-state index contributed by atoms with van der Waals surface area (Å²) < 4.78 is 0. The van der Waals surface area contributed by atoms with Crippen LogP contribution in [-0.2, 0) is 0 Å². The summed E-state index contributed by atoms with van der Waals surface area (Å²) in [6, 6.07) is 9.54. The van der Waals surface area contributed by atoms with Gasteiger partial charge < -0.3 is 5.32 Å². The molecule has 0 bridgehead atoms. The molecule has 0 aliphatic heterocycles. The zero-order chi connectivity index (χ0) is 13.5. The molecular weight excluding hydrogens is 260 g/mol. The van der Waals surface area contributed by atoms with Crippen LogP contribution in [0.15, 0.2) is 30.3 Å². The minimum Gasteiger partial charge on any atom is -0.345 e. The van der Waals surface area contributed by atoms with Crippen molar-refractivity contribution in [3.8, 4) is 0 Å². The zero-order valence-corrected chi connectivity index (χ0v) is 11.5. The molecule has 3 nitrogen and oxygen atoms in total. The molecule has 98 valence electrons. The van der Waals surface area contributed by atoms with E-state index in [2.05, 4.69) is 10.3 Å². The molecule has 4 heteroatoms. The second-order valence-electron chi connectivity index (χ2n) is 5.20. The number of aromatic nitrogens is 1. The van der Waals surface area contributed by atoms with Crippen molar-refractivity contribution in [1.29, 1.82) is 0 Å². The van der Waals surface area contributed by atoms with Gasteiger partial charge in [-0.25, -0.2) is 0 Å². The molecule has 0 unspecified atom stereocenters. The van der Waals surface area contributed by atoms with Crippen LogP contribution in [0.3, 0.4) is 0 Å². The third kappa shape index (κ3) is 2.30. The van der Waals surface area contributed by atoms with Gasteiger partial charge in [0.05, 0.1) is 16.6 Å². The van der Waals surface area contributed by atoms with Crippen molar-refractivity contribution < 1.29 is 4.79 Å². The van der Waals surface area contributed by atoms with Crippen LogP contribution in [0.4, 0.5) is 0 Å². The van der Waals surface area contributed by atoms with E-state index in [1.807, 2.05) is 37.3 Å². The number of amides is 1. The quantitative estimate of drug-likeness (QED) is 0.874. The molecule has 1 fully saturated rings. The first-order valence-electron chi connectivity index (χ1n) is 6.38. The molecule has 1 aliphatic rings. The summed E-state index contributed by atoms with van der Waals surface area (Å²) in [6.07, 6.45) is 1.93. The van der Waals surface area contributed by atoms with E-state index in [4.69, 9.17) is 11.6 Å². The van der Waals surface area contributed by atoms with Gasteiger partial charge in [-0.05, 0) is 31.9 Å². The van der Waals surface area contributed by atoms with Crippen LogP contribution in [0.1, 0.15) is 28.9 Å². The fraction of sp³-hybridized carbons (Fsp3) is 0.333. The number of carbonyl (C=O) groups excluding carboxylic acids is 1. The number of nitrogens with one attached hydrogen (secondary N) is 1. The summed E-state index contributed by atoms with van der Waals surface area (Å²) in [6.45, 7) is 1.90. The van der Waals surface area contributed by atoms with E-state index in [0.717, 1.165) is 29.4 Å². The normalized spacial score (nSPS) is 16.3. The van der Waals surface area contributed by atoms with E-state index in [1.165, 1.54) is 0 Å². The largest absolute Gasteiger partial charge is 0.345 e. The first kappa shape index (κ1) is 12.4. The molecule has 0 spiro atoms. The molecule has 3 rings (SSSR count). The average molecular weight is 275 g/mol. The second kappa shape index (κ2) is 4.49. The van der Waals surface area contributed by atoms with Crippen LogP contribution < -0.4 is 5.32 Å². The molecule has 1 aromatic carbocycles. The average Bonchev–Trinajstić information content (AvgIpc) is 3.18. The van der Waals surface area contributed by atoms with Crippen molar-refractivity contribution in [3.05, 3.63) is 41.6 Å². The molecule has 1 aromatic heterocycles. The fourth-order valence-corrected chi connectivity index (χ4v) is 2.58. The number of aryl methyl sites for hydroxylation is 1. The Morgan fingerprint density at radius 2 is 2.16 bits per heavy atom. The lowest BCUT2D eigenvalue weighted by Gasteiger charge is -2.15. The number of pyridine rings is 1. The van der Waals surface area contributed by atoms with Gasteiger partial charge in [-0.15, -0.1) is 11.6 Å². The maximum absolute atomic E-state index is 12.4. The van der Waals surface area contributed by atoms with Crippen LogP contribution in [0.25, 0.3) is 10.9 Å². The summed E-state index contributed by atoms with van der Waals surface area (Å²) in [4.78, 5) is 16.9. The van der Waals surface area contributed by atoms with Gasteiger partial charge in [0.2, 0.25) is 0 Å². The van der Waals surface area contributed by atoms with Gasteiger partial charge in [-0.3, -0.25) is 9.78 Å². The Morgan fingerprint density at radius 1 is 1.42 bits per heavy atom. The summed E-state index contributed by atoms with van der Waals surface area (Å²) in [5.74, 6) is 0.417. The number of carbonyl (C=O) groups is 1. The molecule has 1 saturated carbocycles. The number of hydrogen-bond donors (Lipinski definition) is 1. The standard InChI is InChI=1S/C15H15ClN2O/c1-10-8-12(11-4-2-3-5-13(11)17-10)14(19)18-15(9-16)6-7-15/h2-5,8H,6-7,9H2,1H3,(H,18,19). The monoisotopic (exact) mass is 274 g/mol. The predicted molar refractivity (Wildman–Crippen MR) is 76.6 cm³/mol. The lowest BCUT2D eigenvalue weighted by Crippen LogP contribution is -2.38. The number of para-hydroxylation sites is 1. The first-order chi connectivity index (χ1) is 9.13. The maximum Gasteiger partial charge on any atom is 0.252 e. The van der Waals surface area contributed by atoms with Crippen molar-refractivity contribution in [1.82, 2.24) is 10.3 Å². The molecule has 2 aromatic rings. The zero-order valence-electron chi connectivity index (χ0n) is 10.7. The number of nitrogens with zero attached hydrogens (tertiary/aromatic N) is 1. The minimum atomic E-state index is -0.184. The lowest BCUT2D eigenvalue weighted by atomic mass is 10.1. The lowest BCUT2D eigenvalue weighted by molar-refractivity contribution is 0.0937. The highest BCUT2D eigenvalue weighted by Crippen LogP contribution is 2.36. The highest BCUT2D eigenvalue weighted by atomic mass is 35.5. The molecule has 1 heterocycles. The maximum atomic E-state index is 12.4. The van der Waals surface area contributed by atoms with Gasteiger partial charge in [0.25, 0.3) is 5.91 Å². The van der Waals surface area contributed by atoms with Gasteiger partial charge in [-0.2, -0.15) is 0 Å². The molecule has 0 radical (unpaired) electrons. The second-order valence-corrected chi connectivity index (χ2v) is 5.46. The van der Waals surface area contributed by atoms with Gasteiger partial charge in [0, 0.05) is 17.0 Å². The van der Waals surface area contributed by atoms with Gasteiger partial charge >= 0.3 is 0 Å². The van der Waals surface area contributed by atoms with E-state index < -0.39 is 0 Å². The van der Waals surface area contributed by atoms with Crippen LogP contribution in [0, 0.1) is 6.92 Å². The highest BCUT2D eigenvalue weighted by Gasteiger charge is 2.43. The van der Waals surface area contributed by atoms with E-state index in [1.54, 1.807) is 0 Å². The van der Waals surface area contributed by atoms with Crippen LogP contribution >= 0.6 is 11.6 Å². The van der Waals surface area contributed by atoms with Crippen molar-refractivity contribution in [2.24, 2.45) is 0 Å². The molecule has 1 amide bonds. The number of benzene rings is 1. The minimum absolute atomic E-state index is 0.0557. The summed E-state index contributed by atoms with van der Waals surface area (Å²) in [7, 11) is 0. The number of alkyl halides is 1. The molecule has 1 aliphatic carbocycles. The molecule has 0 saturated heterocycles. The Kier molecular flexibility index (Phi) is 2.94. The van der Waals surface area contributed by atoms with Crippen molar-refractivity contribution in [2.45, 2.75) is 25.3 Å². The van der Waals surface area contributed by atoms with Crippen LogP contribution in [0.2, 0.25) is 0 Å². The summed E-state index contributed by atoms with van der Waals surface area (Å²) in [5.41, 5.74) is 2.19. The first-order valence-corrected chi connectivity index (χ1v) is 6.92. The van der Waals surface area contributed by atoms with E-state index in [0.29, 0.717) is 11.4 Å². The Bertz CT molecular complexity index is 650. The van der Waals surface area contributed by atoms with Crippen molar-refractivity contribution in [3.63, 3.8) is 0 Å². The Hall–Kier alpha value is -1.61. The molecule has 19 heavy (non-hydrogen) atoms. The Labute approximate surface area is 117 Å². The van der Waals surface area contributed by atoms with Gasteiger partial charge in [-0.1, -0.05) is 18.2 Å². The smallest absolute Gasteiger partial charge is 0.252 e.